The first kappa shape index (κ1) is 53.5. The summed E-state index contributed by atoms with van der Waals surface area (Å²) in [5.41, 5.74) is -0.764. The first-order chi connectivity index (χ1) is 32.2. The summed E-state index contributed by atoms with van der Waals surface area (Å²) < 4.78 is 10.7. The molecule has 24 heteroatoms. The molecule has 2 aromatic carbocycles. The van der Waals surface area contributed by atoms with E-state index in [2.05, 4.69) is 67.3 Å². The van der Waals surface area contributed by atoms with Crippen LogP contribution in [0.1, 0.15) is 68.1 Å². The summed E-state index contributed by atoms with van der Waals surface area (Å²) in [6, 6.07) is 14.4. The number of hydrogen-bond donors (Lipinski definition) is 6. The molecule has 6 N–H and O–H groups in total. The Labute approximate surface area is 431 Å². The molecule has 8 rings (SSSR count). The van der Waals surface area contributed by atoms with E-state index in [9.17, 15) is 38.4 Å². The predicted molar refractivity (Wildman–Crippen MR) is 261 cm³/mol. The zero-order valence-electron chi connectivity index (χ0n) is 39.2. The van der Waals surface area contributed by atoms with Crippen LogP contribution in [-0.4, -0.2) is 139 Å². The monoisotopic (exact) mass is 1050 g/mol. The smallest absolute Gasteiger partial charge is 1.00 e. The Morgan fingerprint density at radius 3 is 1.57 bits per heavy atom. The first-order valence-corrected chi connectivity index (χ1v) is 24.1. The van der Waals surface area contributed by atoms with E-state index in [0.29, 0.717) is 91.9 Å². The Morgan fingerprint density at radius 2 is 1.18 bits per heavy atom. The van der Waals surface area contributed by atoms with E-state index < -0.39 is 17.0 Å². The molecule has 2 saturated heterocycles. The largest absolute Gasteiger partial charge is 1.00 e. The molecule has 0 unspecified atom stereocenters. The number of benzene rings is 2. The van der Waals surface area contributed by atoms with E-state index in [4.69, 9.17) is 0 Å². The number of halogens is 1. The standard InChI is InChI=1S/C22H25N5O5S.C19H21N5O3S.C3H5BrO2.Na.H/c1-3-23-21(31)25-18-17(13-6-4-5-7-14(13)33-18)19(29)27-10-8-22(9-11-27)20(30)24-15(26-22)12-16(28)32-2;1-2-20-18(27)23-15-14(12-5-3-4-6-13(12)28-15)16(25)24-9-7-19(8-10-24)17(26)21-11-22-19;1-6-3(5)2-4;;/h4-7H,3,8-12H2,1-2H3,(H2,23,25,31)(H,24,26,30);3-6,11H,2,7-10H2,1H3,(H2,20,23,27)(H,21,22,26);2H2,1H3;;/q;;;+1;-1. The molecule has 4 aliphatic heterocycles. The van der Waals surface area contributed by atoms with Crippen molar-refractivity contribution in [1.29, 1.82) is 0 Å². The quantitative estimate of drug-likeness (QED) is 0.0807. The average molecular weight is 1050 g/mol. The zero-order valence-corrected chi connectivity index (χ0v) is 43.5. The topological polar surface area (TPSA) is 258 Å². The van der Waals surface area contributed by atoms with Crippen LogP contribution in [0.4, 0.5) is 19.6 Å². The molecule has 68 heavy (non-hydrogen) atoms. The summed E-state index contributed by atoms with van der Waals surface area (Å²) in [4.78, 5) is 109. The number of rotatable bonds is 9. The van der Waals surface area contributed by atoms with E-state index in [-0.39, 0.29) is 84.4 Å². The molecule has 358 valence electrons. The number of aliphatic imine (C=N–C) groups is 2. The Morgan fingerprint density at radius 1 is 0.721 bits per heavy atom. The number of alkyl halides is 1. The summed E-state index contributed by atoms with van der Waals surface area (Å²) >= 11 is 5.63. The van der Waals surface area contributed by atoms with E-state index in [1.807, 2.05) is 62.4 Å². The number of amides is 8. The molecule has 0 aliphatic carbocycles. The van der Waals surface area contributed by atoms with Crippen LogP contribution in [0.25, 0.3) is 20.2 Å². The van der Waals surface area contributed by atoms with Gasteiger partial charge >= 0.3 is 53.6 Å². The summed E-state index contributed by atoms with van der Waals surface area (Å²) in [7, 11) is 2.63. The van der Waals surface area contributed by atoms with Gasteiger partial charge in [0.25, 0.3) is 23.6 Å². The van der Waals surface area contributed by atoms with Gasteiger partial charge in [0.1, 0.15) is 38.7 Å². The van der Waals surface area contributed by atoms with Crippen molar-refractivity contribution < 1.29 is 78.8 Å². The van der Waals surface area contributed by atoms with E-state index in [1.54, 1.807) is 9.80 Å². The van der Waals surface area contributed by atoms with Crippen molar-refractivity contribution in [1.82, 2.24) is 31.1 Å². The number of likely N-dealkylation sites (tertiary alicyclic amines) is 2. The van der Waals surface area contributed by atoms with Crippen LogP contribution < -0.4 is 61.5 Å². The maximum Gasteiger partial charge on any atom is 1.00 e. The third kappa shape index (κ3) is 12.2. The van der Waals surface area contributed by atoms with Gasteiger partial charge in [-0.2, -0.15) is 0 Å². The van der Waals surface area contributed by atoms with Gasteiger partial charge in [-0.15, -0.1) is 22.7 Å². The molecule has 20 nitrogen and oxygen atoms in total. The number of nitrogens with one attached hydrogen (secondary N) is 6. The van der Waals surface area contributed by atoms with Gasteiger partial charge in [-0.25, -0.2) is 9.59 Å². The fourth-order valence-corrected chi connectivity index (χ4v) is 10.2. The molecule has 6 heterocycles. The number of urea groups is 2. The van der Waals surface area contributed by atoms with Crippen LogP contribution >= 0.6 is 38.6 Å². The van der Waals surface area contributed by atoms with Crippen LogP contribution in [0.3, 0.4) is 0 Å². The van der Waals surface area contributed by atoms with Gasteiger partial charge in [-0.1, -0.05) is 52.3 Å². The van der Waals surface area contributed by atoms with Crippen LogP contribution in [0.5, 0.6) is 0 Å². The Kier molecular flexibility index (Phi) is 19.0. The van der Waals surface area contributed by atoms with Gasteiger partial charge in [-0.3, -0.25) is 49.4 Å². The maximum atomic E-state index is 13.5. The summed E-state index contributed by atoms with van der Waals surface area (Å²) in [5, 5.41) is 19.2. The van der Waals surface area contributed by atoms with Gasteiger partial charge in [0.2, 0.25) is 0 Å². The van der Waals surface area contributed by atoms with Crippen LogP contribution in [0, 0.1) is 0 Å². The first-order valence-electron chi connectivity index (χ1n) is 21.4. The summed E-state index contributed by atoms with van der Waals surface area (Å²) in [6.07, 6.45) is 3.01. The molecule has 4 aromatic rings. The second-order valence-electron chi connectivity index (χ2n) is 15.4. The minimum atomic E-state index is -0.973. The van der Waals surface area contributed by atoms with Crippen molar-refractivity contribution >= 4 is 129 Å². The van der Waals surface area contributed by atoms with Gasteiger partial charge in [0.15, 0.2) is 0 Å². The molecule has 0 radical (unpaired) electrons. The number of thiophene rings is 2. The number of amidine groups is 1. The second-order valence-corrected chi connectivity index (χ2v) is 18.1. The fraction of sp³-hybridized carbons (Fsp3) is 0.409. The molecule has 2 fully saturated rings. The minimum absolute atomic E-state index is 0. The average Bonchev–Trinajstić information content (AvgIpc) is 4.07. The number of hydrogen-bond acceptors (Lipinski definition) is 14. The fourth-order valence-electron chi connectivity index (χ4n) is 7.82. The number of ether oxygens (including phenoxy) is 2. The Bertz CT molecular complexity index is 2620. The molecule has 0 atom stereocenters. The molecule has 0 saturated carbocycles. The molecule has 4 aliphatic rings. The number of esters is 2. The number of carbonyl (C=O) groups excluding carboxylic acids is 8. The second kappa shape index (κ2) is 24.2. The molecule has 2 aromatic heterocycles. The SMILES string of the molecule is CCNC(=O)Nc1sc2ccccc2c1C(=O)N1CCC2(CC1)N=C(CC(=O)OC)NC2=O.CCNC(=O)Nc1sc2ccccc2c1C(=O)N1CCC2(CC1)N=CNC2=O.COC(=O)CBr.[H-].[Na+]. The van der Waals surface area contributed by atoms with Gasteiger partial charge in [-0.05, 0) is 51.7 Å². The number of nitrogens with zero attached hydrogens (tertiary/aromatic N) is 4. The number of carbonyl (C=O) groups is 8. The summed E-state index contributed by atoms with van der Waals surface area (Å²) in [6.45, 7) is 6.15. The number of anilines is 2. The molecule has 2 spiro atoms. The van der Waals surface area contributed by atoms with Crippen LogP contribution in [0.2, 0.25) is 0 Å². The van der Waals surface area contributed by atoms with E-state index in [1.165, 1.54) is 43.2 Å². The zero-order chi connectivity index (χ0) is 48.3. The van der Waals surface area contributed by atoms with Gasteiger partial charge < -0.3 is 42.0 Å². The van der Waals surface area contributed by atoms with Crippen molar-refractivity contribution in [3.05, 3.63) is 59.7 Å². The predicted octanol–water partition coefficient (Wildman–Crippen LogP) is 1.96. The van der Waals surface area contributed by atoms with Crippen molar-refractivity contribution in [3.63, 3.8) is 0 Å². The molecule has 0 bridgehead atoms. The molecular weight excluding hydrogens is 996 g/mol. The van der Waals surface area contributed by atoms with Gasteiger partial charge in [0, 0.05) is 59.4 Å². The van der Waals surface area contributed by atoms with Crippen LogP contribution in [0.15, 0.2) is 58.5 Å². The van der Waals surface area contributed by atoms with Crippen molar-refractivity contribution in [2.24, 2.45) is 9.98 Å². The van der Waals surface area contributed by atoms with Crippen LogP contribution in [-0.2, 0) is 28.7 Å². The van der Waals surface area contributed by atoms with Crippen molar-refractivity contribution in [3.8, 4) is 0 Å². The third-order valence-electron chi connectivity index (χ3n) is 11.3. The maximum absolute atomic E-state index is 13.5. The minimum Gasteiger partial charge on any atom is -1.00 e. The Hall–Kier alpha value is -5.46. The number of methoxy groups -OCH3 is 2. The molecular formula is C44H52BrN10NaO10S2. The Balaban J connectivity index is 0.000000264. The summed E-state index contributed by atoms with van der Waals surface area (Å²) in [5.74, 6) is -1.12. The number of fused-ring (bicyclic) bond motifs is 2. The van der Waals surface area contributed by atoms with Crippen molar-refractivity contribution in [2.45, 2.75) is 57.0 Å². The van der Waals surface area contributed by atoms with E-state index >= 15 is 0 Å². The van der Waals surface area contributed by atoms with Gasteiger partial charge in [0.05, 0.1) is 31.7 Å². The number of piperidine rings is 2. The third-order valence-corrected chi connectivity index (χ3v) is 14.0. The molecule has 8 amide bonds. The van der Waals surface area contributed by atoms with Crippen molar-refractivity contribution in [2.75, 3.05) is 69.5 Å². The van der Waals surface area contributed by atoms with E-state index in [0.717, 1.165) is 20.2 Å². The normalized spacial score (nSPS) is 16.2.